The van der Waals surface area contributed by atoms with Crippen molar-refractivity contribution < 1.29 is 18.7 Å². The van der Waals surface area contributed by atoms with Gasteiger partial charge >= 0.3 is 0 Å². The number of nitrogens with one attached hydrogen (secondary N) is 2. The highest BCUT2D eigenvalue weighted by Crippen LogP contribution is 2.29. The summed E-state index contributed by atoms with van der Waals surface area (Å²) in [5, 5.41) is 5.54. The number of ether oxygens (including phenoxy) is 1. The topological polar surface area (TPSA) is 72.4 Å². The van der Waals surface area contributed by atoms with E-state index in [2.05, 4.69) is 10.6 Å². The first kappa shape index (κ1) is 20.1. The zero-order chi connectivity index (χ0) is 21.1. The number of amides is 2. The number of methoxy groups -OCH3 is 1. The van der Waals surface area contributed by atoms with Crippen molar-refractivity contribution >= 4 is 23.2 Å². The summed E-state index contributed by atoms with van der Waals surface area (Å²) < 4.78 is 20.4. The average Bonchev–Trinajstić information content (AvgIpc) is 2.98. The Morgan fingerprint density at radius 1 is 0.966 bits per heavy atom. The predicted octanol–water partition coefficient (Wildman–Crippen LogP) is 4.45. The Balaban J connectivity index is 1.95. The third kappa shape index (κ3) is 4.29. The molecule has 0 aliphatic carbocycles. The lowest BCUT2D eigenvalue weighted by atomic mass is 10.2. The number of hydrogen-bond acceptors (Lipinski definition) is 3. The van der Waals surface area contributed by atoms with E-state index >= 15 is 0 Å². The first-order valence-electron chi connectivity index (χ1n) is 9.02. The van der Waals surface area contributed by atoms with Gasteiger partial charge in [-0.15, -0.1) is 0 Å². The maximum Gasteiger partial charge on any atom is 0.257 e. The summed E-state index contributed by atoms with van der Waals surface area (Å²) in [6.45, 7) is 5.10. The monoisotopic (exact) mass is 395 g/mol. The minimum Gasteiger partial charge on any atom is -0.497 e. The third-order valence-electron chi connectivity index (χ3n) is 4.55. The molecule has 7 heteroatoms. The fourth-order valence-corrected chi connectivity index (χ4v) is 3.22. The van der Waals surface area contributed by atoms with E-state index in [0.717, 1.165) is 17.1 Å². The van der Waals surface area contributed by atoms with Crippen molar-refractivity contribution in [3.8, 4) is 11.4 Å². The molecule has 150 valence electrons. The number of nitrogens with zero attached hydrogens (tertiary/aromatic N) is 1. The Hall–Kier alpha value is -3.61. The van der Waals surface area contributed by atoms with E-state index in [4.69, 9.17) is 4.74 Å². The third-order valence-corrected chi connectivity index (χ3v) is 4.55. The van der Waals surface area contributed by atoms with Crippen LogP contribution in [-0.2, 0) is 4.79 Å². The summed E-state index contributed by atoms with van der Waals surface area (Å²) in [4.78, 5) is 24.5. The largest absolute Gasteiger partial charge is 0.497 e. The molecule has 0 bridgehead atoms. The number of anilines is 2. The zero-order valence-electron chi connectivity index (χ0n) is 16.7. The summed E-state index contributed by atoms with van der Waals surface area (Å²) >= 11 is 0. The molecule has 0 aliphatic rings. The number of rotatable bonds is 5. The van der Waals surface area contributed by atoms with Gasteiger partial charge in [-0.05, 0) is 56.3 Å². The van der Waals surface area contributed by atoms with Crippen LogP contribution in [0.3, 0.4) is 0 Å². The molecule has 0 unspecified atom stereocenters. The van der Waals surface area contributed by atoms with E-state index in [0.29, 0.717) is 22.7 Å². The highest BCUT2D eigenvalue weighted by atomic mass is 19.1. The normalized spacial score (nSPS) is 10.5. The lowest BCUT2D eigenvalue weighted by Gasteiger charge is -2.13. The van der Waals surface area contributed by atoms with E-state index in [1.807, 2.05) is 18.4 Å². The number of hydrogen-bond donors (Lipinski definition) is 2. The molecule has 0 fully saturated rings. The van der Waals surface area contributed by atoms with Gasteiger partial charge in [-0.1, -0.05) is 0 Å². The summed E-state index contributed by atoms with van der Waals surface area (Å²) in [7, 11) is 1.52. The quantitative estimate of drug-likeness (QED) is 0.670. The van der Waals surface area contributed by atoms with Gasteiger partial charge in [-0.25, -0.2) is 4.39 Å². The maximum absolute atomic E-state index is 13.3. The molecule has 1 heterocycles. The van der Waals surface area contributed by atoms with Crippen LogP contribution in [0.25, 0.3) is 5.69 Å². The molecular weight excluding hydrogens is 373 g/mol. The zero-order valence-corrected chi connectivity index (χ0v) is 16.7. The first-order chi connectivity index (χ1) is 13.8. The molecule has 3 aromatic rings. The van der Waals surface area contributed by atoms with Crippen LogP contribution in [0.2, 0.25) is 0 Å². The van der Waals surface area contributed by atoms with Gasteiger partial charge in [-0.2, -0.15) is 0 Å². The molecule has 0 spiro atoms. The van der Waals surface area contributed by atoms with E-state index in [1.165, 1.54) is 26.2 Å². The molecule has 0 radical (unpaired) electrons. The smallest absolute Gasteiger partial charge is 0.257 e. The highest BCUT2D eigenvalue weighted by molar-refractivity contribution is 6.08. The van der Waals surface area contributed by atoms with Crippen molar-refractivity contribution in [1.29, 1.82) is 0 Å². The van der Waals surface area contributed by atoms with Crippen LogP contribution < -0.4 is 15.4 Å². The lowest BCUT2D eigenvalue weighted by Crippen LogP contribution is -2.16. The number of aryl methyl sites for hydroxylation is 1. The molecule has 0 saturated heterocycles. The van der Waals surface area contributed by atoms with Gasteiger partial charge in [0.2, 0.25) is 5.91 Å². The van der Waals surface area contributed by atoms with E-state index in [9.17, 15) is 14.0 Å². The number of carbonyl (C=O) groups is 2. The van der Waals surface area contributed by atoms with Crippen LogP contribution in [0.1, 0.15) is 28.7 Å². The predicted molar refractivity (Wildman–Crippen MR) is 110 cm³/mol. The molecule has 2 N–H and O–H groups in total. The van der Waals surface area contributed by atoms with Gasteiger partial charge in [0.15, 0.2) is 0 Å². The van der Waals surface area contributed by atoms with Crippen molar-refractivity contribution in [3.05, 3.63) is 71.3 Å². The van der Waals surface area contributed by atoms with Gasteiger partial charge in [0, 0.05) is 30.1 Å². The van der Waals surface area contributed by atoms with Gasteiger partial charge in [0.25, 0.3) is 5.91 Å². The summed E-state index contributed by atoms with van der Waals surface area (Å²) in [6.07, 6.45) is 0. The fourth-order valence-electron chi connectivity index (χ4n) is 3.22. The van der Waals surface area contributed by atoms with Crippen molar-refractivity contribution in [1.82, 2.24) is 4.57 Å². The molecule has 0 aliphatic heterocycles. The minimum absolute atomic E-state index is 0.250. The van der Waals surface area contributed by atoms with Crippen LogP contribution in [-0.4, -0.2) is 23.5 Å². The Labute approximate surface area is 168 Å². The fraction of sp³-hybridized carbons (Fsp3) is 0.182. The molecule has 0 saturated carbocycles. The van der Waals surface area contributed by atoms with Crippen LogP contribution in [0.4, 0.5) is 15.8 Å². The second kappa shape index (κ2) is 8.18. The van der Waals surface area contributed by atoms with Crippen LogP contribution in [0.5, 0.6) is 5.75 Å². The summed E-state index contributed by atoms with van der Waals surface area (Å²) in [5.41, 5.74) is 3.70. The Kier molecular flexibility index (Phi) is 5.68. The molecule has 3 rings (SSSR count). The number of carbonyl (C=O) groups excluding carboxylic acids is 2. The van der Waals surface area contributed by atoms with E-state index in [-0.39, 0.29) is 17.6 Å². The Morgan fingerprint density at radius 2 is 1.66 bits per heavy atom. The highest BCUT2D eigenvalue weighted by Gasteiger charge is 2.18. The number of halogens is 1. The lowest BCUT2D eigenvalue weighted by molar-refractivity contribution is -0.114. The first-order valence-corrected chi connectivity index (χ1v) is 9.02. The van der Waals surface area contributed by atoms with Crippen molar-refractivity contribution in [2.75, 3.05) is 17.7 Å². The molecule has 0 atom stereocenters. The molecule has 29 heavy (non-hydrogen) atoms. The van der Waals surface area contributed by atoms with Gasteiger partial charge in [0.1, 0.15) is 11.6 Å². The van der Waals surface area contributed by atoms with Gasteiger partial charge in [-0.3, -0.25) is 9.59 Å². The molecular formula is C22H22FN3O3. The van der Waals surface area contributed by atoms with Crippen molar-refractivity contribution in [3.63, 3.8) is 0 Å². The minimum atomic E-state index is -0.327. The second-order valence-corrected chi connectivity index (χ2v) is 6.64. The Morgan fingerprint density at radius 3 is 2.28 bits per heavy atom. The van der Waals surface area contributed by atoms with Crippen LogP contribution in [0, 0.1) is 19.7 Å². The molecule has 2 aromatic carbocycles. The van der Waals surface area contributed by atoms with E-state index in [1.54, 1.807) is 36.4 Å². The Bertz CT molecular complexity index is 1070. The standard InChI is InChI=1S/C22H22FN3O3/c1-13-11-19(14(2)26(13)17-7-5-16(23)6-8-17)22(28)25-21-12-18(29-4)9-10-20(21)24-15(3)27/h5-12H,1-4H3,(H,24,27)(H,25,28). The SMILES string of the molecule is COc1ccc(NC(C)=O)c(NC(=O)c2cc(C)n(-c3ccc(F)cc3)c2C)c1. The van der Waals surface area contributed by atoms with Crippen LogP contribution in [0.15, 0.2) is 48.5 Å². The van der Waals surface area contributed by atoms with E-state index < -0.39 is 0 Å². The van der Waals surface area contributed by atoms with Crippen LogP contribution >= 0.6 is 0 Å². The second-order valence-electron chi connectivity index (χ2n) is 6.64. The molecule has 1 aromatic heterocycles. The van der Waals surface area contributed by atoms with Gasteiger partial charge < -0.3 is 19.9 Å². The average molecular weight is 395 g/mol. The number of aromatic nitrogens is 1. The summed E-state index contributed by atoms with van der Waals surface area (Å²) in [5.74, 6) is -0.352. The molecule has 6 nitrogen and oxygen atoms in total. The number of benzene rings is 2. The van der Waals surface area contributed by atoms with Gasteiger partial charge in [0.05, 0.1) is 24.0 Å². The summed E-state index contributed by atoms with van der Waals surface area (Å²) in [6, 6.07) is 12.9. The molecule has 2 amide bonds. The van der Waals surface area contributed by atoms with Crippen molar-refractivity contribution in [2.24, 2.45) is 0 Å². The van der Waals surface area contributed by atoms with Crippen molar-refractivity contribution in [2.45, 2.75) is 20.8 Å². The maximum atomic E-state index is 13.3.